The van der Waals surface area contributed by atoms with E-state index >= 15 is 0 Å². The van der Waals surface area contributed by atoms with Crippen molar-refractivity contribution in [2.24, 2.45) is 0 Å². The van der Waals surface area contributed by atoms with Gasteiger partial charge in [-0.1, -0.05) is 12.1 Å². The van der Waals surface area contributed by atoms with Crippen LogP contribution in [0.3, 0.4) is 0 Å². The van der Waals surface area contributed by atoms with Crippen LogP contribution in [0.1, 0.15) is 32.8 Å². The van der Waals surface area contributed by atoms with E-state index in [2.05, 4.69) is 0 Å². The van der Waals surface area contributed by atoms with Crippen LogP contribution in [0.5, 0.6) is 5.75 Å². The van der Waals surface area contributed by atoms with Crippen LogP contribution in [0, 0.1) is 0 Å². The van der Waals surface area contributed by atoms with Gasteiger partial charge in [0.2, 0.25) is 5.91 Å². The second-order valence-electron chi connectivity index (χ2n) is 7.60. The highest BCUT2D eigenvalue weighted by Crippen LogP contribution is 2.14. The van der Waals surface area contributed by atoms with Gasteiger partial charge in [0.05, 0.1) is 0 Å². The quantitative estimate of drug-likeness (QED) is 0.571. The van der Waals surface area contributed by atoms with Gasteiger partial charge in [-0.05, 0) is 51.0 Å². The van der Waals surface area contributed by atoms with E-state index in [-0.39, 0.29) is 18.8 Å². The topological polar surface area (TPSA) is 68.3 Å². The molecule has 1 heterocycles. The number of methoxy groups -OCH3 is 1. The number of rotatable bonds is 5. The third-order valence-electron chi connectivity index (χ3n) is 4.10. The van der Waals surface area contributed by atoms with Gasteiger partial charge in [-0.25, -0.2) is 4.79 Å². The van der Waals surface area contributed by atoms with E-state index < -0.39 is 5.60 Å². The standard InChI is InChI=1S/C21H30N2O5/c1-21(2,3)28-20(25)23-13-5-12-22(14-15-23)19(24)11-8-17-6-9-18(10-7-17)27-16-26-4/h6-11H,5,12-16H2,1-4H3/b11-8+. The molecule has 1 saturated heterocycles. The molecule has 1 aliphatic heterocycles. The van der Waals surface area contributed by atoms with Gasteiger partial charge in [0.25, 0.3) is 0 Å². The molecule has 0 atom stereocenters. The molecular weight excluding hydrogens is 360 g/mol. The van der Waals surface area contributed by atoms with Gasteiger partial charge in [0.15, 0.2) is 6.79 Å². The predicted octanol–water partition coefficient (Wildman–Crippen LogP) is 3.15. The number of hydrogen-bond donors (Lipinski definition) is 0. The molecule has 1 aromatic carbocycles. The Hall–Kier alpha value is -2.54. The van der Waals surface area contributed by atoms with Crippen LogP contribution in [0.25, 0.3) is 6.08 Å². The van der Waals surface area contributed by atoms with Gasteiger partial charge >= 0.3 is 6.09 Å². The summed E-state index contributed by atoms with van der Waals surface area (Å²) >= 11 is 0. The number of nitrogens with zero attached hydrogens (tertiary/aromatic N) is 2. The number of hydrogen-bond acceptors (Lipinski definition) is 5. The van der Waals surface area contributed by atoms with Crippen LogP contribution in [-0.2, 0) is 14.3 Å². The molecule has 154 valence electrons. The summed E-state index contributed by atoms with van der Waals surface area (Å²) in [6.07, 6.45) is 3.74. The van der Waals surface area contributed by atoms with E-state index in [0.717, 1.165) is 12.0 Å². The summed E-state index contributed by atoms with van der Waals surface area (Å²) in [4.78, 5) is 28.1. The third-order valence-corrected chi connectivity index (χ3v) is 4.10. The number of ether oxygens (including phenoxy) is 3. The fourth-order valence-corrected chi connectivity index (χ4v) is 2.72. The highest BCUT2D eigenvalue weighted by molar-refractivity contribution is 5.91. The van der Waals surface area contributed by atoms with Crippen LogP contribution in [-0.4, -0.2) is 67.5 Å². The van der Waals surface area contributed by atoms with E-state index in [1.165, 1.54) is 0 Å². The summed E-state index contributed by atoms with van der Waals surface area (Å²) in [6, 6.07) is 7.41. The molecule has 7 heteroatoms. The van der Waals surface area contributed by atoms with Crippen molar-refractivity contribution >= 4 is 18.1 Å². The second-order valence-corrected chi connectivity index (χ2v) is 7.60. The minimum absolute atomic E-state index is 0.0641. The fraction of sp³-hybridized carbons (Fsp3) is 0.524. The fourth-order valence-electron chi connectivity index (χ4n) is 2.72. The molecule has 2 rings (SSSR count). The summed E-state index contributed by atoms with van der Waals surface area (Å²) in [6.45, 7) is 7.91. The van der Waals surface area contributed by atoms with Crippen LogP contribution < -0.4 is 4.74 Å². The van der Waals surface area contributed by atoms with Crippen molar-refractivity contribution in [1.82, 2.24) is 9.80 Å². The number of carbonyl (C=O) groups is 2. The number of amides is 2. The third kappa shape index (κ3) is 7.23. The minimum atomic E-state index is -0.522. The van der Waals surface area contributed by atoms with E-state index in [9.17, 15) is 9.59 Å². The van der Waals surface area contributed by atoms with Gasteiger partial charge in [-0.3, -0.25) is 4.79 Å². The summed E-state index contributed by atoms with van der Waals surface area (Å²) in [7, 11) is 1.57. The van der Waals surface area contributed by atoms with Crippen LogP contribution >= 0.6 is 0 Å². The Morgan fingerprint density at radius 3 is 2.32 bits per heavy atom. The molecular formula is C21H30N2O5. The van der Waals surface area contributed by atoms with Gasteiger partial charge in [0, 0.05) is 39.4 Å². The van der Waals surface area contributed by atoms with Crippen molar-refractivity contribution in [3.63, 3.8) is 0 Å². The first-order valence-corrected chi connectivity index (χ1v) is 9.45. The lowest BCUT2D eigenvalue weighted by molar-refractivity contribution is -0.125. The van der Waals surface area contributed by atoms with Crippen molar-refractivity contribution in [2.75, 3.05) is 40.1 Å². The highest BCUT2D eigenvalue weighted by atomic mass is 16.7. The Balaban J connectivity index is 1.87. The van der Waals surface area contributed by atoms with Crippen LogP contribution in [0.15, 0.2) is 30.3 Å². The summed E-state index contributed by atoms with van der Waals surface area (Å²) in [5, 5.41) is 0. The molecule has 1 aliphatic rings. The maximum Gasteiger partial charge on any atom is 0.410 e. The average molecular weight is 390 g/mol. The maximum absolute atomic E-state index is 12.5. The van der Waals surface area contributed by atoms with Crippen molar-refractivity contribution in [3.8, 4) is 5.75 Å². The van der Waals surface area contributed by atoms with Crippen molar-refractivity contribution in [3.05, 3.63) is 35.9 Å². The molecule has 0 saturated carbocycles. The Morgan fingerprint density at radius 1 is 1.04 bits per heavy atom. The molecule has 1 aromatic rings. The van der Waals surface area contributed by atoms with Gasteiger partial charge in [0.1, 0.15) is 11.4 Å². The van der Waals surface area contributed by atoms with Gasteiger partial charge < -0.3 is 24.0 Å². The van der Waals surface area contributed by atoms with E-state index in [1.54, 1.807) is 29.1 Å². The minimum Gasteiger partial charge on any atom is -0.468 e. The molecule has 0 unspecified atom stereocenters. The zero-order chi connectivity index (χ0) is 20.6. The lowest BCUT2D eigenvalue weighted by atomic mass is 10.2. The highest BCUT2D eigenvalue weighted by Gasteiger charge is 2.25. The lowest BCUT2D eigenvalue weighted by Crippen LogP contribution is -2.39. The van der Waals surface area contributed by atoms with Gasteiger partial charge in [-0.2, -0.15) is 0 Å². The molecule has 0 bridgehead atoms. The first kappa shape index (κ1) is 21.8. The molecule has 0 radical (unpaired) electrons. The van der Waals surface area contributed by atoms with Gasteiger partial charge in [-0.15, -0.1) is 0 Å². The maximum atomic E-state index is 12.5. The van der Waals surface area contributed by atoms with Crippen LogP contribution in [0.2, 0.25) is 0 Å². The van der Waals surface area contributed by atoms with Crippen molar-refractivity contribution < 1.29 is 23.8 Å². The van der Waals surface area contributed by atoms with Crippen molar-refractivity contribution in [1.29, 1.82) is 0 Å². The Labute approximate surface area is 166 Å². The molecule has 0 aromatic heterocycles. The summed E-state index contributed by atoms with van der Waals surface area (Å²) in [5.41, 5.74) is 0.384. The van der Waals surface area contributed by atoms with E-state index in [1.807, 2.05) is 45.0 Å². The normalized spacial score (nSPS) is 15.4. The summed E-state index contributed by atoms with van der Waals surface area (Å²) < 4.78 is 15.6. The lowest BCUT2D eigenvalue weighted by Gasteiger charge is -2.26. The first-order valence-electron chi connectivity index (χ1n) is 9.45. The second kappa shape index (κ2) is 10.1. The number of carbonyl (C=O) groups excluding carboxylic acids is 2. The van der Waals surface area contributed by atoms with E-state index in [0.29, 0.717) is 31.9 Å². The molecule has 1 fully saturated rings. The number of benzene rings is 1. The first-order chi connectivity index (χ1) is 13.3. The predicted molar refractivity (Wildman–Crippen MR) is 107 cm³/mol. The van der Waals surface area contributed by atoms with Crippen molar-refractivity contribution in [2.45, 2.75) is 32.8 Å². The Morgan fingerprint density at radius 2 is 1.68 bits per heavy atom. The zero-order valence-electron chi connectivity index (χ0n) is 17.1. The molecule has 0 aliphatic carbocycles. The SMILES string of the molecule is COCOc1ccc(/C=C/C(=O)N2CCCN(C(=O)OC(C)(C)C)CC2)cc1. The molecule has 0 spiro atoms. The smallest absolute Gasteiger partial charge is 0.410 e. The monoisotopic (exact) mass is 390 g/mol. The Bertz CT molecular complexity index is 679. The Kier molecular flexibility index (Phi) is 7.87. The molecule has 28 heavy (non-hydrogen) atoms. The molecule has 2 amide bonds. The zero-order valence-corrected chi connectivity index (χ0v) is 17.1. The van der Waals surface area contributed by atoms with E-state index in [4.69, 9.17) is 14.2 Å². The molecule has 0 N–H and O–H groups in total. The average Bonchev–Trinajstić information content (AvgIpc) is 2.90. The largest absolute Gasteiger partial charge is 0.468 e. The molecule has 7 nitrogen and oxygen atoms in total. The van der Waals surface area contributed by atoms with Crippen LogP contribution in [0.4, 0.5) is 4.79 Å². The summed E-state index contributed by atoms with van der Waals surface area (Å²) in [5.74, 6) is 0.644.